The van der Waals surface area contributed by atoms with Crippen LogP contribution < -0.4 is 0 Å². The number of nitrogens with zero attached hydrogens (tertiary/aromatic N) is 1. The van der Waals surface area contributed by atoms with Gasteiger partial charge in [-0.25, -0.2) is 4.39 Å². The molecule has 0 spiro atoms. The van der Waals surface area contributed by atoms with Gasteiger partial charge in [0.2, 0.25) is 0 Å². The van der Waals surface area contributed by atoms with Gasteiger partial charge in [-0.3, -0.25) is 0 Å². The van der Waals surface area contributed by atoms with Crippen molar-refractivity contribution in [3.63, 3.8) is 0 Å². The molecule has 72 valence electrons. The van der Waals surface area contributed by atoms with E-state index in [1.54, 1.807) is 6.07 Å². The van der Waals surface area contributed by atoms with E-state index >= 15 is 0 Å². The highest BCUT2D eigenvalue weighted by Crippen LogP contribution is 2.18. The average molecular weight is 210 g/mol. The lowest BCUT2D eigenvalue weighted by Crippen LogP contribution is -1.97. The standard InChI is InChI=1S/C11H9ClFN/c12-11-4-3-10(13)7-9(11)8-14-5-1-2-6-14/h1-7H,8H2. The number of hydrogen-bond donors (Lipinski definition) is 0. The van der Waals surface area contributed by atoms with E-state index in [1.165, 1.54) is 12.1 Å². The third kappa shape index (κ3) is 1.96. The summed E-state index contributed by atoms with van der Waals surface area (Å²) in [6, 6.07) is 8.25. The largest absolute Gasteiger partial charge is 0.350 e. The molecule has 0 fully saturated rings. The van der Waals surface area contributed by atoms with Gasteiger partial charge in [0.05, 0.1) is 0 Å². The summed E-state index contributed by atoms with van der Waals surface area (Å²) in [5, 5.41) is 0.597. The van der Waals surface area contributed by atoms with Crippen LogP contribution in [0.3, 0.4) is 0 Å². The first-order valence-electron chi connectivity index (χ1n) is 4.30. The van der Waals surface area contributed by atoms with Crippen molar-refractivity contribution in [1.29, 1.82) is 0 Å². The van der Waals surface area contributed by atoms with Gasteiger partial charge >= 0.3 is 0 Å². The zero-order chi connectivity index (χ0) is 9.97. The Bertz CT molecular complexity index is 423. The first-order chi connectivity index (χ1) is 6.75. The maximum absolute atomic E-state index is 12.9. The van der Waals surface area contributed by atoms with E-state index in [-0.39, 0.29) is 5.82 Å². The molecule has 0 atom stereocenters. The van der Waals surface area contributed by atoms with Gasteiger partial charge in [0.25, 0.3) is 0 Å². The van der Waals surface area contributed by atoms with E-state index in [1.807, 2.05) is 29.1 Å². The maximum atomic E-state index is 12.9. The van der Waals surface area contributed by atoms with Crippen LogP contribution in [0.15, 0.2) is 42.7 Å². The van der Waals surface area contributed by atoms with Crippen LogP contribution in [-0.2, 0) is 6.54 Å². The van der Waals surface area contributed by atoms with Crippen LogP contribution in [-0.4, -0.2) is 4.57 Å². The van der Waals surface area contributed by atoms with Crippen LogP contribution in [0.25, 0.3) is 0 Å². The molecule has 0 N–H and O–H groups in total. The van der Waals surface area contributed by atoms with E-state index in [4.69, 9.17) is 11.6 Å². The van der Waals surface area contributed by atoms with Gasteiger partial charge in [-0.1, -0.05) is 11.6 Å². The summed E-state index contributed by atoms with van der Waals surface area (Å²) in [7, 11) is 0. The Morgan fingerprint density at radius 3 is 2.64 bits per heavy atom. The molecule has 0 unspecified atom stereocenters. The summed E-state index contributed by atoms with van der Waals surface area (Å²) < 4.78 is 14.9. The highest BCUT2D eigenvalue weighted by molar-refractivity contribution is 6.31. The Balaban J connectivity index is 2.28. The van der Waals surface area contributed by atoms with Crippen molar-refractivity contribution in [1.82, 2.24) is 4.57 Å². The van der Waals surface area contributed by atoms with Crippen LogP contribution in [0.2, 0.25) is 5.02 Å². The van der Waals surface area contributed by atoms with Crippen molar-refractivity contribution >= 4 is 11.6 Å². The first kappa shape index (κ1) is 9.28. The summed E-state index contributed by atoms with van der Waals surface area (Å²) in [5.74, 6) is -0.253. The third-order valence-corrected chi connectivity index (χ3v) is 2.40. The number of benzene rings is 1. The maximum Gasteiger partial charge on any atom is 0.123 e. The van der Waals surface area contributed by atoms with Gasteiger partial charge in [-0.15, -0.1) is 0 Å². The van der Waals surface area contributed by atoms with Crippen LogP contribution in [0, 0.1) is 5.82 Å². The highest BCUT2D eigenvalue weighted by Gasteiger charge is 2.02. The summed E-state index contributed by atoms with van der Waals surface area (Å²) in [6.07, 6.45) is 3.84. The van der Waals surface area contributed by atoms with Crippen molar-refractivity contribution < 1.29 is 4.39 Å². The van der Waals surface area contributed by atoms with E-state index < -0.39 is 0 Å². The number of halogens is 2. The molecule has 0 amide bonds. The zero-order valence-corrected chi connectivity index (χ0v) is 8.21. The molecule has 0 aliphatic heterocycles. The predicted molar refractivity (Wildman–Crippen MR) is 54.9 cm³/mol. The molecule has 3 heteroatoms. The lowest BCUT2D eigenvalue weighted by Gasteiger charge is -2.05. The second-order valence-electron chi connectivity index (χ2n) is 3.09. The molecule has 2 rings (SSSR count). The van der Waals surface area contributed by atoms with E-state index in [0.717, 1.165) is 5.56 Å². The monoisotopic (exact) mass is 209 g/mol. The molecule has 0 aliphatic carbocycles. The molecule has 0 aliphatic rings. The van der Waals surface area contributed by atoms with Gasteiger partial charge < -0.3 is 4.57 Å². The smallest absolute Gasteiger partial charge is 0.123 e. The molecular formula is C11H9ClFN. The second-order valence-corrected chi connectivity index (χ2v) is 3.50. The van der Waals surface area contributed by atoms with Crippen molar-refractivity contribution in [2.75, 3.05) is 0 Å². The number of hydrogen-bond acceptors (Lipinski definition) is 0. The lowest BCUT2D eigenvalue weighted by molar-refractivity contribution is 0.623. The quantitative estimate of drug-likeness (QED) is 0.715. The molecular weight excluding hydrogens is 201 g/mol. The van der Waals surface area contributed by atoms with Crippen LogP contribution >= 0.6 is 11.6 Å². The van der Waals surface area contributed by atoms with Crippen LogP contribution in [0.5, 0.6) is 0 Å². The Hall–Kier alpha value is -1.28. The molecule has 0 saturated heterocycles. The summed E-state index contributed by atoms with van der Waals surface area (Å²) in [6.45, 7) is 0.601. The molecule has 1 nitrogen and oxygen atoms in total. The van der Waals surface area contributed by atoms with Crippen LogP contribution in [0.1, 0.15) is 5.56 Å². The van der Waals surface area contributed by atoms with Crippen molar-refractivity contribution in [3.8, 4) is 0 Å². The van der Waals surface area contributed by atoms with E-state index in [9.17, 15) is 4.39 Å². The Kier molecular flexibility index (Phi) is 2.55. The molecule has 1 aromatic heterocycles. The van der Waals surface area contributed by atoms with Gasteiger partial charge in [0.15, 0.2) is 0 Å². The van der Waals surface area contributed by atoms with Crippen molar-refractivity contribution in [3.05, 3.63) is 59.1 Å². The molecule has 1 aromatic carbocycles. The Labute approximate surface area is 86.7 Å². The van der Waals surface area contributed by atoms with Gasteiger partial charge in [0.1, 0.15) is 5.82 Å². The minimum atomic E-state index is -0.253. The fraction of sp³-hybridized carbons (Fsp3) is 0.0909. The fourth-order valence-corrected chi connectivity index (χ4v) is 1.51. The number of rotatable bonds is 2. The minimum Gasteiger partial charge on any atom is -0.350 e. The van der Waals surface area contributed by atoms with E-state index in [0.29, 0.717) is 11.6 Å². The van der Waals surface area contributed by atoms with Gasteiger partial charge in [-0.05, 0) is 35.9 Å². The minimum absolute atomic E-state index is 0.253. The SMILES string of the molecule is Fc1ccc(Cl)c(Cn2cccc2)c1. The molecule has 0 radical (unpaired) electrons. The van der Waals surface area contributed by atoms with Gasteiger partial charge in [-0.2, -0.15) is 0 Å². The summed E-state index contributed by atoms with van der Waals surface area (Å²) >= 11 is 5.93. The highest BCUT2D eigenvalue weighted by atomic mass is 35.5. The second kappa shape index (κ2) is 3.84. The fourth-order valence-electron chi connectivity index (χ4n) is 1.34. The van der Waals surface area contributed by atoms with Gasteiger partial charge in [0, 0.05) is 24.0 Å². The Morgan fingerprint density at radius 1 is 1.21 bits per heavy atom. The van der Waals surface area contributed by atoms with Crippen molar-refractivity contribution in [2.45, 2.75) is 6.54 Å². The van der Waals surface area contributed by atoms with Crippen LogP contribution in [0.4, 0.5) is 4.39 Å². The normalized spacial score (nSPS) is 10.4. The predicted octanol–water partition coefficient (Wildman–Crippen LogP) is 3.33. The van der Waals surface area contributed by atoms with E-state index in [2.05, 4.69) is 0 Å². The summed E-state index contributed by atoms with van der Waals surface area (Å²) in [4.78, 5) is 0. The zero-order valence-electron chi connectivity index (χ0n) is 7.45. The molecule has 14 heavy (non-hydrogen) atoms. The molecule has 1 heterocycles. The summed E-state index contributed by atoms with van der Waals surface area (Å²) in [5.41, 5.74) is 0.794. The first-order valence-corrected chi connectivity index (χ1v) is 4.68. The Morgan fingerprint density at radius 2 is 1.93 bits per heavy atom. The molecule has 0 saturated carbocycles. The molecule has 0 bridgehead atoms. The average Bonchev–Trinajstić information content (AvgIpc) is 2.64. The number of aromatic nitrogens is 1. The molecule has 2 aromatic rings. The third-order valence-electron chi connectivity index (χ3n) is 2.03. The van der Waals surface area contributed by atoms with Crippen molar-refractivity contribution in [2.24, 2.45) is 0 Å². The topological polar surface area (TPSA) is 4.93 Å². The lowest BCUT2D eigenvalue weighted by atomic mass is 10.2.